The summed E-state index contributed by atoms with van der Waals surface area (Å²) >= 11 is 0. The Bertz CT molecular complexity index is 791. The van der Waals surface area contributed by atoms with Crippen molar-refractivity contribution in [2.45, 2.75) is 25.8 Å². The summed E-state index contributed by atoms with van der Waals surface area (Å²) in [5.74, 6) is 0.237. The Morgan fingerprint density at radius 2 is 1.80 bits per heavy atom. The van der Waals surface area contributed by atoms with Crippen molar-refractivity contribution < 1.29 is 4.79 Å². The van der Waals surface area contributed by atoms with Gasteiger partial charge in [-0.25, -0.2) is 0 Å². The monoisotopic (exact) mass is 332 g/mol. The van der Waals surface area contributed by atoms with Gasteiger partial charge in [0.2, 0.25) is 5.91 Å². The van der Waals surface area contributed by atoms with Crippen LogP contribution in [0, 0.1) is 6.92 Å². The highest BCUT2D eigenvalue weighted by Crippen LogP contribution is 2.37. The first-order valence-electron chi connectivity index (χ1n) is 9.11. The molecule has 0 bridgehead atoms. The van der Waals surface area contributed by atoms with Crippen molar-refractivity contribution in [2.24, 2.45) is 0 Å². The summed E-state index contributed by atoms with van der Waals surface area (Å²) in [5.41, 5.74) is 4.85. The van der Waals surface area contributed by atoms with Gasteiger partial charge in [0.1, 0.15) is 0 Å². The van der Waals surface area contributed by atoms with Gasteiger partial charge in [-0.15, -0.1) is 0 Å². The van der Waals surface area contributed by atoms with Crippen molar-refractivity contribution in [1.82, 2.24) is 4.90 Å². The van der Waals surface area contributed by atoms with Crippen LogP contribution < -0.4 is 4.90 Å². The van der Waals surface area contributed by atoms with Crippen LogP contribution in [0.2, 0.25) is 0 Å². The van der Waals surface area contributed by atoms with Gasteiger partial charge in [0.25, 0.3) is 0 Å². The van der Waals surface area contributed by atoms with E-state index in [0.717, 1.165) is 31.6 Å². The first-order valence-corrected chi connectivity index (χ1v) is 9.11. The molecule has 3 nitrogen and oxygen atoms in total. The molecule has 2 aromatic rings. The van der Waals surface area contributed by atoms with E-state index in [0.29, 0.717) is 6.54 Å². The molecular weight excluding hydrogens is 308 g/mol. The Balaban J connectivity index is 1.70. The van der Waals surface area contributed by atoms with E-state index in [2.05, 4.69) is 66.4 Å². The highest BCUT2D eigenvalue weighted by Gasteiger charge is 2.28. The van der Waals surface area contributed by atoms with Crippen LogP contribution in [0.1, 0.15) is 35.6 Å². The normalized spacial score (nSPS) is 19.2. The SMILES string of the molecule is Cc1cccc2c1C=CC(c1ccccc1)N2CC(=O)N1CCCC1. The van der Waals surface area contributed by atoms with Gasteiger partial charge in [0, 0.05) is 24.3 Å². The third-order valence-corrected chi connectivity index (χ3v) is 5.30. The van der Waals surface area contributed by atoms with E-state index in [1.54, 1.807) is 0 Å². The standard InChI is InChI=1S/C22H24N2O/c1-17-8-7-11-21-19(17)12-13-20(18-9-3-2-4-10-18)24(21)16-22(25)23-14-5-6-15-23/h2-4,7-13,20H,5-6,14-16H2,1H3. The largest absolute Gasteiger partial charge is 0.351 e. The van der Waals surface area contributed by atoms with Crippen LogP contribution in [0.25, 0.3) is 6.08 Å². The molecule has 2 aliphatic heterocycles. The summed E-state index contributed by atoms with van der Waals surface area (Å²) in [6.07, 6.45) is 6.69. The Hall–Kier alpha value is -2.55. The zero-order chi connectivity index (χ0) is 17.2. The molecule has 128 valence electrons. The van der Waals surface area contributed by atoms with E-state index in [4.69, 9.17) is 0 Å². The third kappa shape index (κ3) is 3.07. The first kappa shape index (κ1) is 15.9. The number of nitrogens with zero attached hydrogens (tertiary/aromatic N) is 2. The van der Waals surface area contributed by atoms with Crippen molar-refractivity contribution in [1.29, 1.82) is 0 Å². The summed E-state index contributed by atoms with van der Waals surface area (Å²) < 4.78 is 0. The van der Waals surface area contributed by atoms with Crippen molar-refractivity contribution in [2.75, 3.05) is 24.5 Å². The minimum atomic E-state index is 0.0991. The molecule has 1 atom stereocenters. The van der Waals surface area contributed by atoms with Crippen molar-refractivity contribution in [3.8, 4) is 0 Å². The Morgan fingerprint density at radius 3 is 2.56 bits per heavy atom. The number of amides is 1. The highest BCUT2D eigenvalue weighted by molar-refractivity contribution is 5.85. The van der Waals surface area contributed by atoms with E-state index in [1.807, 2.05) is 11.0 Å². The Kier molecular flexibility index (Phi) is 4.31. The molecule has 1 saturated heterocycles. The number of benzene rings is 2. The molecule has 2 aromatic carbocycles. The number of carbonyl (C=O) groups is 1. The van der Waals surface area contributed by atoms with E-state index in [1.165, 1.54) is 16.7 Å². The van der Waals surface area contributed by atoms with Crippen molar-refractivity contribution >= 4 is 17.7 Å². The van der Waals surface area contributed by atoms with Crippen LogP contribution in [0.15, 0.2) is 54.6 Å². The van der Waals surface area contributed by atoms with Crippen LogP contribution in [0.3, 0.4) is 0 Å². The number of aryl methyl sites for hydroxylation is 1. The lowest BCUT2D eigenvalue weighted by molar-refractivity contribution is -0.128. The van der Waals surface area contributed by atoms with Crippen LogP contribution in [0.4, 0.5) is 5.69 Å². The number of carbonyl (C=O) groups excluding carboxylic acids is 1. The second-order valence-electron chi connectivity index (χ2n) is 6.94. The van der Waals surface area contributed by atoms with Gasteiger partial charge in [0.05, 0.1) is 12.6 Å². The van der Waals surface area contributed by atoms with Crippen LogP contribution in [-0.2, 0) is 4.79 Å². The third-order valence-electron chi connectivity index (χ3n) is 5.30. The quantitative estimate of drug-likeness (QED) is 0.841. The number of fused-ring (bicyclic) bond motifs is 1. The first-order chi connectivity index (χ1) is 12.2. The summed E-state index contributed by atoms with van der Waals surface area (Å²) in [6.45, 7) is 4.37. The minimum Gasteiger partial charge on any atom is -0.351 e. The lowest BCUT2D eigenvalue weighted by Crippen LogP contribution is -2.41. The topological polar surface area (TPSA) is 23.6 Å². The highest BCUT2D eigenvalue weighted by atomic mass is 16.2. The minimum absolute atomic E-state index is 0.0991. The second-order valence-corrected chi connectivity index (χ2v) is 6.94. The van der Waals surface area contributed by atoms with Gasteiger partial charge >= 0.3 is 0 Å². The Labute approximate surface area is 149 Å². The molecule has 0 aromatic heterocycles. The van der Waals surface area contributed by atoms with Gasteiger partial charge < -0.3 is 9.80 Å². The van der Waals surface area contributed by atoms with Gasteiger partial charge in [-0.1, -0.05) is 54.6 Å². The molecule has 0 spiro atoms. The average molecular weight is 332 g/mol. The lowest BCUT2D eigenvalue weighted by Gasteiger charge is -2.37. The molecule has 2 heterocycles. The molecule has 1 amide bonds. The van der Waals surface area contributed by atoms with E-state index in [9.17, 15) is 4.79 Å². The number of rotatable bonds is 3. The number of hydrogen-bond donors (Lipinski definition) is 0. The van der Waals surface area contributed by atoms with Crippen LogP contribution in [-0.4, -0.2) is 30.4 Å². The molecular formula is C22H24N2O. The molecule has 3 heteroatoms. The smallest absolute Gasteiger partial charge is 0.242 e. The van der Waals surface area contributed by atoms with Gasteiger partial charge in [-0.3, -0.25) is 4.79 Å². The van der Waals surface area contributed by atoms with Crippen LogP contribution >= 0.6 is 0 Å². The summed E-state index contributed by atoms with van der Waals surface area (Å²) in [4.78, 5) is 17.1. The fraction of sp³-hybridized carbons (Fsp3) is 0.318. The fourth-order valence-corrected chi connectivity index (χ4v) is 3.91. The molecule has 25 heavy (non-hydrogen) atoms. The maximum absolute atomic E-state index is 12.8. The van der Waals surface area contributed by atoms with E-state index < -0.39 is 0 Å². The molecule has 0 N–H and O–H groups in total. The predicted molar refractivity (Wildman–Crippen MR) is 103 cm³/mol. The Morgan fingerprint density at radius 1 is 1.04 bits per heavy atom. The van der Waals surface area contributed by atoms with Gasteiger partial charge in [-0.2, -0.15) is 0 Å². The molecule has 0 saturated carbocycles. The molecule has 4 rings (SSSR count). The summed E-state index contributed by atoms with van der Waals surface area (Å²) in [5, 5.41) is 0. The molecule has 0 aliphatic carbocycles. The van der Waals surface area contributed by atoms with Crippen molar-refractivity contribution in [3.63, 3.8) is 0 Å². The molecule has 1 fully saturated rings. The van der Waals surface area contributed by atoms with Crippen LogP contribution in [0.5, 0.6) is 0 Å². The maximum Gasteiger partial charge on any atom is 0.242 e. The summed E-state index contributed by atoms with van der Waals surface area (Å²) in [6, 6.07) is 16.9. The number of hydrogen-bond acceptors (Lipinski definition) is 2. The number of anilines is 1. The lowest BCUT2D eigenvalue weighted by atomic mass is 9.95. The van der Waals surface area contributed by atoms with E-state index >= 15 is 0 Å². The summed E-state index contributed by atoms with van der Waals surface area (Å²) in [7, 11) is 0. The zero-order valence-electron chi connectivity index (χ0n) is 14.7. The zero-order valence-corrected chi connectivity index (χ0v) is 14.7. The maximum atomic E-state index is 12.8. The van der Waals surface area contributed by atoms with Gasteiger partial charge in [0.15, 0.2) is 0 Å². The van der Waals surface area contributed by atoms with Gasteiger partial charge in [-0.05, 0) is 37.0 Å². The predicted octanol–water partition coefficient (Wildman–Crippen LogP) is 4.19. The molecule has 2 aliphatic rings. The fourth-order valence-electron chi connectivity index (χ4n) is 3.91. The second kappa shape index (κ2) is 6.75. The van der Waals surface area contributed by atoms with E-state index in [-0.39, 0.29) is 11.9 Å². The average Bonchev–Trinajstić information content (AvgIpc) is 3.18. The van der Waals surface area contributed by atoms with Crippen molar-refractivity contribution in [3.05, 3.63) is 71.3 Å². The molecule has 0 radical (unpaired) electrons. The number of likely N-dealkylation sites (tertiary alicyclic amines) is 1. The molecule has 1 unspecified atom stereocenters.